The van der Waals surface area contributed by atoms with Crippen LogP contribution in [0, 0.1) is 0 Å². The standard InChI is InChI=1S/C31H34N2O/c1-2-3-4-5-8-18-33-19-16-24(17-20-33)29-22-32-30-15-14-25(21-28(29)30)31(34)27-13-9-11-23-10-6-7-12-26(23)27/h6-7,9-16,21-22,32H,2-5,8,17-20H2,1H3. The lowest BCUT2D eigenvalue weighted by Crippen LogP contribution is -2.29. The van der Waals surface area contributed by atoms with Crippen LogP contribution in [0.3, 0.4) is 0 Å². The molecule has 3 heteroatoms. The number of hydrogen-bond donors (Lipinski definition) is 1. The number of benzene rings is 3. The van der Waals surface area contributed by atoms with Crippen LogP contribution in [0.1, 0.15) is 66.9 Å². The van der Waals surface area contributed by atoms with E-state index in [1.165, 1.54) is 49.8 Å². The van der Waals surface area contributed by atoms with Crippen LogP contribution < -0.4 is 0 Å². The van der Waals surface area contributed by atoms with Crippen LogP contribution in [0.2, 0.25) is 0 Å². The summed E-state index contributed by atoms with van der Waals surface area (Å²) in [6.45, 7) is 5.60. The summed E-state index contributed by atoms with van der Waals surface area (Å²) in [6.07, 6.45) is 12.2. The maximum absolute atomic E-state index is 13.5. The minimum atomic E-state index is 0.0812. The van der Waals surface area contributed by atoms with Crippen LogP contribution in [0.5, 0.6) is 0 Å². The molecule has 1 aromatic heterocycles. The van der Waals surface area contributed by atoms with Gasteiger partial charge in [0.2, 0.25) is 0 Å². The molecule has 3 aromatic carbocycles. The van der Waals surface area contributed by atoms with E-state index in [4.69, 9.17) is 0 Å². The number of H-pyrrole nitrogens is 1. The van der Waals surface area contributed by atoms with Crippen LogP contribution in [0.25, 0.3) is 27.2 Å². The van der Waals surface area contributed by atoms with Crippen LogP contribution in [0.15, 0.2) is 72.9 Å². The molecular formula is C31H34N2O. The topological polar surface area (TPSA) is 36.1 Å². The molecule has 3 nitrogen and oxygen atoms in total. The van der Waals surface area contributed by atoms with Crippen molar-refractivity contribution in [2.24, 2.45) is 0 Å². The van der Waals surface area contributed by atoms with Crippen molar-refractivity contribution in [2.75, 3.05) is 19.6 Å². The maximum Gasteiger partial charge on any atom is 0.193 e. The number of fused-ring (bicyclic) bond motifs is 2. The molecular weight excluding hydrogens is 416 g/mol. The van der Waals surface area contributed by atoms with Gasteiger partial charge in [-0.3, -0.25) is 9.69 Å². The van der Waals surface area contributed by atoms with Gasteiger partial charge in [0, 0.05) is 46.9 Å². The van der Waals surface area contributed by atoms with E-state index in [-0.39, 0.29) is 5.78 Å². The Labute approximate surface area is 202 Å². The van der Waals surface area contributed by atoms with Gasteiger partial charge in [-0.15, -0.1) is 0 Å². The van der Waals surface area contributed by atoms with Crippen molar-refractivity contribution in [3.63, 3.8) is 0 Å². The van der Waals surface area contributed by atoms with Gasteiger partial charge < -0.3 is 4.98 Å². The number of aromatic nitrogens is 1. The average Bonchev–Trinajstić information content (AvgIpc) is 3.31. The molecule has 0 atom stereocenters. The lowest BCUT2D eigenvalue weighted by molar-refractivity contribution is 0.104. The van der Waals surface area contributed by atoms with E-state index >= 15 is 0 Å². The second-order valence-electron chi connectivity index (χ2n) is 9.51. The molecule has 1 aliphatic rings. The Morgan fingerprint density at radius 3 is 2.65 bits per heavy atom. The molecule has 34 heavy (non-hydrogen) atoms. The first-order valence-electron chi connectivity index (χ1n) is 12.8. The maximum atomic E-state index is 13.5. The zero-order valence-corrected chi connectivity index (χ0v) is 20.1. The Kier molecular flexibility index (Phi) is 6.92. The summed E-state index contributed by atoms with van der Waals surface area (Å²) >= 11 is 0. The molecule has 0 fully saturated rings. The van der Waals surface area contributed by atoms with E-state index in [2.05, 4.69) is 47.3 Å². The summed E-state index contributed by atoms with van der Waals surface area (Å²) < 4.78 is 0. The van der Waals surface area contributed by atoms with Crippen molar-refractivity contribution >= 4 is 33.0 Å². The number of nitrogens with one attached hydrogen (secondary N) is 1. The monoisotopic (exact) mass is 450 g/mol. The number of ketones is 1. The van der Waals surface area contributed by atoms with Gasteiger partial charge in [-0.05, 0) is 53.9 Å². The van der Waals surface area contributed by atoms with E-state index in [0.29, 0.717) is 0 Å². The first-order chi connectivity index (χ1) is 16.7. The Hall–Kier alpha value is -3.17. The molecule has 2 heterocycles. The van der Waals surface area contributed by atoms with E-state index in [1.807, 2.05) is 42.5 Å². The van der Waals surface area contributed by atoms with Crippen molar-refractivity contribution in [3.8, 4) is 0 Å². The fraction of sp³-hybridized carbons (Fsp3) is 0.323. The smallest absolute Gasteiger partial charge is 0.193 e. The highest BCUT2D eigenvalue weighted by molar-refractivity contribution is 6.17. The van der Waals surface area contributed by atoms with Crippen LogP contribution in [-0.2, 0) is 0 Å². The van der Waals surface area contributed by atoms with Gasteiger partial charge in [0.05, 0.1) is 0 Å². The van der Waals surface area contributed by atoms with Crippen LogP contribution in [-0.4, -0.2) is 35.3 Å². The molecule has 4 aromatic rings. The van der Waals surface area contributed by atoms with Gasteiger partial charge in [-0.1, -0.05) is 81.1 Å². The Bertz CT molecular complexity index is 1320. The molecule has 0 saturated heterocycles. The quantitative estimate of drug-likeness (QED) is 0.210. The molecule has 5 rings (SSSR count). The molecule has 0 amide bonds. The first-order valence-corrected chi connectivity index (χ1v) is 12.8. The van der Waals surface area contributed by atoms with Crippen molar-refractivity contribution in [1.29, 1.82) is 0 Å². The van der Waals surface area contributed by atoms with Crippen molar-refractivity contribution < 1.29 is 4.79 Å². The fourth-order valence-electron chi connectivity index (χ4n) is 5.20. The van der Waals surface area contributed by atoms with Crippen LogP contribution >= 0.6 is 0 Å². The third kappa shape index (κ3) is 4.71. The van der Waals surface area contributed by atoms with E-state index in [9.17, 15) is 4.79 Å². The molecule has 0 unspecified atom stereocenters. The average molecular weight is 451 g/mol. The normalized spacial score (nSPS) is 14.6. The third-order valence-corrected chi connectivity index (χ3v) is 7.20. The van der Waals surface area contributed by atoms with Gasteiger partial charge in [0.15, 0.2) is 5.78 Å². The summed E-state index contributed by atoms with van der Waals surface area (Å²) in [5.74, 6) is 0.0812. The lowest BCUT2D eigenvalue weighted by atomic mass is 9.94. The van der Waals surface area contributed by atoms with Crippen LogP contribution in [0.4, 0.5) is 0 Å². The minimum absolute atomic E-state index is 0.0812. The second kappa shape index (κ2) is 10.4. The summed E-state index contributed by atoms with van der Waals surface area (Å²) in [7, 11) is 0. The van der Waals surface area contributed by atoms with Crippen molar-refractivity contribution in [3.05, 3.63) is 89.6 Å². The summed E-state index contributed by atoms with van der Waals surface area (Å²) in [5, 5.41) is 3.25. The molecule has 0 aliphatic carbocycles. The van der Waals surface area contributed by atoms with Gasteiger partial charge in [0.25, 0.3) is 0 Å². The fourth-order valence-corrected chi connectivity index (χ4v) is 5.20. The van der Waals surface area contributed by atoms with E-state index < -0.39 is 0 Å². The molecule has 174 valence electrons. The third-order valence-electron chi connectivity index (χ3n) is 7.20. The molecule has 0 saturated carbocycles. The predicted molar refractivity (Wildman–Crippen MR) is 143 cm³/mol. The minimum Gasteiger partial charge on any atom is -0.361 e. The molecule has 1 N–H and O–H groups in total. The summed E-state index contributed by atoms with van der Waals surface area (Å²) in [5.41, 5.74) is 5.23. The zero-order valence-electron chi connectivity index (χ0n) is 20.1. The Morgan fingerprint density at radius 2 is 1.79 bits per heavy atom. The number of aromatic amines is 1. The number of carbonyl (C=O) groups is 1. The zero-order chi connectivity index (χ0) is 23.3. The van der Waals surface area contributed by atoms with Crippen molar-refractivity contribution in [1.82, 2.24) is 9.88 Å². The SMILES string of the molecule is CCCCCCCN1CC=C(c2c[nH]c3ccc(C(=O)c4cccc5ccccc45)cc23)CC1. The predicted octanol–water partition coefficient (Wildman–Crippen LogP) is 7.61. The largest absolute Gasteiger partial charge is 0.361 e. The number of nitrogens with zero attached hydrogens (tertiary/aromatic N) is 1. The highest BCUT2D eigenvalue weighted by Crippen LogP contribution is 2.31. The van der Waals surface area contributed by atoms with Gasteiger partial charge in [-0.2, -0.15) is 0 Å². The summed E-state index contributed by atoms with van der Waals surface area (Å²) in [6, 6.07) is 20.1. The van der Waals surface area contributed by atoms with Gasteiger partial charge in [-0.25, -0.2) is 0 Å². The van der Waals surface area contributed by atoms with Gasteiger partial charge >= 0.3 is 0 Å². The van der Waals surface area contributed by atoms with E-state index in [0.717, 1.165) is 52.3 Å². The molecule has 0 radical (unpaired) electrons. The highest BCUT2D eigenvalue weighted by atomic mass is 16.1. The Balaban J connectivity index is 1.35. The summed E-state index contributed by atoms with van der Waals surface area (Å²) in [4.78, 5) is 19.5. The highest BCUT2D eigenvalue weighted by Gasteiger charge is 2.18. The van der Waals surface area contributed by atoms with Gasteiger partial charge in [0.1, 0.15) is 0 Å². The molecule has 0 spiro atoms. The second-order valence-corrected chi connectivity index (χ2v) is 9.51. The van der Waals surface area contributed by atoms with E-state index in [1.54, 1.807) is 0 Å². The van der Waals surface area contributed by atoms with Crippen molar-refractivity contribution in [2.45, 2.75) is 45.4 Å². The number of carbonyl (C=O) groups excluding carboxylic acids is 1. The lowest BCUT2D eigenvalue weighted by Gasteiger charge is -2.26. The first kappa shape index (κ1) is 22.6. The number of hydrogen-bond acceptors (Lipinski definition) is 2. The number of unbranched alkanes of at least 4 members (excludes halogenated alkanes) is 4. The Morgan fingerprint density at radius 1 is 0.941 bits per heavy atom. The number of rotatable bonds is 9. The molecule has 1 aliphatic heterocycles. The molecule has 0 bridgehead atoms.